The van der Waals surface area contributed by atoms with Crippen LogP contribution in [0.25, 0.3) is 0 Å². The molecule has 1 unspecified atom stereocenters. The Morgan fingerprint density at radius 1 is 1.24 bits per heavy atom. The number of Topliss-reactive ketones (excluding diaryl/α,β-unsaturated/α-hetero) is 1. The van der Waals surface area contributed by atoms with Crippen molar-refractivity contribution >= 4 is 17.1 Å². The molecule has 2 heteroatoms. The lowest BCUT2D eigenvalue weighted by Gasteiger charge is -2.22. The van der Waals surface area contributed by atoms with Gasteiger partial charge in [0, 0.05) is 11.5 Å². The Morgan fingerprint density at radius 2 is 2.12 bits per heavy atom. The van der Waals surface area contributed by atoms with Gasteiger partial charge in [-0.2, -0.15) is 11.3 Å². The van der Waals surface area contributed by atoms with E-state index in [9.17, 15) is 4.79 Å². The first-order valence-corrected chi connectivity index (χ1v) is 6.92. The van der Waals surface area contributed by atoms with Crippen LogP contribution in [0.2, 0.25) is 0 Å². The summed E-state index contributed by atoms with van der Waals surface area (Å²) in [7, 11) is 0. The quantitative estimate of drug-likeness (QED) is 0.784. The highest BCUT2D eigenvalue weighted by atomic mass is 32.1. The third-order valence-corrected chi connectivity index (χ3v) is 4.21. The molecule has 1 nitrogen and oxygen atoms in total. The van der Waals surface area contributed by atoms with E-state index in [0.29, 0.717) is 5.78 Å². The minimum Gasteiger partial charge on any atom is -0.294 e. The predicted molar refractivity (Wildman–Crippen MR) is 70.6 cm³/mol. The molecular formula is C15H14OS. The molecule has 0 bridgehead atoms. The van der Waals surface area contributed by atoms with Crippen molar-refractivity contribution in [1.29, 1.82) is 0 Å². The molecule has 1 aliphatic rings. The second kappa shape index (κ2) is 4.46. The second-order valence-corrected chi connectivity index (χ2v) is 5.37. The summed E-state index contributed by atoms with van der Waals surface area (Å²) in [5, 5.41) is 4.23. The molecule has 1 atom stereocenters. The Balaban J connectivity index is 1.84. The maximum Gasteiger partial charge on any atom is 0.166 e. The summed E-state index contributed by atoms with van der Waals surface area (Å²) in [5.74, 6) is 0.512. The fraction of sp³-hybridized carbons (Fsp3) is 0.267. The van der Waals surface area contributed by atoms with Crippen LogP contribution in [0.15, 0.2) is 41.1 Å². The van der Waals surface area contributed by atoms with Crippen molar-refractivity contribution in [2.24, 2.45) is 5.92 Å². The zero-order valence-corrected chi connectivity index (χ0v) is 10.4. The van der Waals surface area contributed by atoms with E-state index in [1.165, 1.54) is 11.1 Å². The topological polar surface area (TPSA) is 17.1 Å². The SMILES string of the molecule is O=C1c2ccccc2CCC1Cc1ccsc1. The highest BCUT2D eigenvalue weighted by Gasteiger charge is 2.26. The average Bonchev–Trinajstić information content (AvgIpc) is 2.86. The van der Waals surface area contributed by atoms with E-state index >= 15 is 0 Å². The summed E-state index contributed by atoms with van der Waals surface area (Å²) >= 11 is 1.70. The molecule has 1 aliphatic carbocycles. The first-order chi connectivity index (χ1) is 8.34. The van der Waals surface area contributed by atoms with E-state index in [0.717, 1.165) is 24.8 Å². The van der Waals surface area contributed by atoms with Crippen LogP contribution in [0.4, 0.5) is 0 Å². The molecule has 0 amide bonds. The van der Waals surface area contributed by atoms with Crippen LogP contribution in [-0.4, -0.2) is 5.78 Å². The number of ketones is 1. The van der Waals surface area contributed by atoms with Crippen LogP contribution in [0, 0.1) is 5.92 Å². The van der Waals surface area contributed by atoms with Crippen molar-refractivity contribution in [3.63, 3.8) is 0 Å². The van der Waals surface area contributed by atoms with Crippen molar-refractivity contribution in [2.75, 3.05) is 0 Å². The summed E-state index contributed by atoms with van der Waals surface area (Å²) in [6.45, 7) is 0. The second-order valence-electron chi connectivity index (χ2n) is 4.59. The minimum absolute atomic E-state index is 0.180. The molecule has 0 N–H and O–H groups in total. The van der Waals surface area contributed by atoms with Gasteiger partial charge in [0.2, 0.25) is 0 Å². The summed E-state index contributed by atoms with van der Waals surface area (Å²) < 4.78 is 0. The molecule has 0 saturated carbocycles. The maximum absolute atomic E-state index is 12.3. The summed E-state index contributed by atoms with van der Waals surface area (Å²) in [5.41, 5.74) is 3.46. The van der Waals surface area contributed by atoms with E-state index in [1.54, 1.807) is 11.3 Å². The first-order valence-electron chi connectivity index (χ1n) is 5.98. The van der Waals surface area contributed by atoms with Gasteiger partial charge in [0.05, 0.1) is 0 Å². The number of rotatable bonds is 2. The van der Waals surface area contributed by atoms with Gasteiger partial charge in [-0.1, -0.05) is 24.3 Å². The van der Waals surface area contributed by atoms with Crippen LogP contribution < -0.4 is 0 Å². The van der Waals surface area contributed by atoms with Crippen LogP contribution >= 0.6 is 11.3 Å². The van der Waals surface area contributed by atoms with Crippen molar-refractivity contribution in [1.82, 2.24) is 0 Å². The van der Waals surface area contributed by atoms with Crippen LogP contribution in [0.1, 0.15) is 27.9 Å². The van der Waals surface area contributed by atoms with Gasteiger partial charge in [-0.15, -0.1) is 0 Å². The van der Waals surface area contributed by atoms with Crippen molar-refractivity contribution < 1.29 is 4.79 Å². The molecule has 3 rings (SSSR count). The van der Waals surface area contributed by atoms with E-state index < -0.39 is 0 Å². The lowest BCUT2D eigenvalue weighted by atomic mass is 9.80. The zero-order valence-electron chi connectivity index (χ0n) is 9.56. The molecule has 86 valence electrons. The largest absolute Gasteiger partial charge is 0.294 e. The lowest BCUT2D eigenvalue weighted by Crippen LogP contribution is -2.24. The molecule has 1 heterocycles. The molecule has 0 fully saturated rings. The van der Waals surface area contributed by atoms with E-state index in [2.05, 4.69) is 22.9 Å². The molecule has 0 aliphatic heterocycles. The van der Waals surface area contributed by atoms with Crippen molar-refractivity contribution in [2.45, 2.75) is 19.3 Å². The van der Waals surface area contributed by atoms with Gasteiger partial charge in [0.25, 0.3) is 0 Å². The Bertz CT molecular complexity index is 528. The molecule has 0 radical (unpaired) electrons. The fourth-order valence-electron chi connectivity index (χ4n) is 2.55. The third-order valence-electron chi connectivity index (χ3n) is 3.48. The third kappa shape index (κ3) is 2.05. The minimum atomic E-state index is 0.180. The highest BCUT2D eigenvalue weighted by molar-refractivity contribution is 7.07. The predicted octanol–water partition coefficient (Wildman–Crippen LogP) is 3.74. The average molecular weight is 242 g/mol. The van der Waals surface area contributed by atoms with E-state index in [4.69, 9.17) is 0 Å². The monoisotopic (exact) mass is 242 g/mol. The Hall–Kier alpha value is -1.41. The van der Waals surface area contributed by atoms with Gasteiger partial charge in [-0.05, 0) is 47.2 Å². The standard InChI is InChI=1S/C15H14OS/c16-15-13(9-11-7-8-17-10-11)6-5-12-3-1-2-4-14(12)15/h1-4,7-8,10,13H,5-6,9H2. The molecule has 17 heavy (non-hydrogen) atoms. The van der Waals surface area contributed by atoms with E-state index in [1.807, 2.05) is 18.2 Å². The number of fused-ring (bicyclic) bond motifs is 1. The normalized spacial score (nSPS) is 19.1. The van der Waals surface area contributed by atoms with Crippen molar-refractivity contribution in [3.8, 4) is 0 Å². The number of carbonyl (C=O) groups excluding carboxylic acids is 1. The Kier molecular flexibility index (Phi) is 2.81. The number of hydrogen-bond donors (Lipinski definition) is 0. The number of aryl methyl sites for hydroxylation is 1. The molecule has 0 saturated heterocycles. The van der Waals surface area contributed by atoms with Gasteiger partial charge in [0.15, 0.2) is 5.78 Å². The number of carbonyl (C=O) groups is 1. The van der Waals surface area contributed by atoms with Gasteiger partial charge >= 0.3 is 0 Å². The van der Waals surface area contributed by atoms with Crippen LogP contribution in [0.3, 0.4) is 0 Å². The van der Waals surface area contributed by atoms with Crippen LogP contribution in [0.5, 0.6) is 0 Å². The molecular weight excluding hydrogens is 228 g/mol. The summed E-state index contributed by atoms with van der Waals surface area (Å²) in [6, 6.07) is 10.2. The fourth-order valence-corrected chi connectivity index (χ4v) is 3.23. The first kappa shape index (κ1) is 10.7. The van der Waals surface area contributed by atoms with Gasteiger partial charge < -0.3 is 0 Å². The van der Waals surface area contributed by atoms with Crippen molar-refractivity contribution in [3.05, 3.63) is 57.8 Å². The maximum atomic E-state index is 12.3. The smallest absolute Gasteiger partial charge is 0.166 e. The Labute approximate surface area is 105 Å². The number of benzene rings is 1. The van der Waals surface area contributed by atoms with Gasteiger partial charge in [-0.3, -0.25) is 4.79 Å². The van der Waals surface area contributed by atoms with Gasteiger partial charge in [-0.25, -0.2) is 0 Å². The summed E-state index contributed by atoms with van der Waals surface area (Å²) in [4.78, 5) is 12.3. The number of thiophene rings is 1. The lowest BCUT2D eigenvalue weighted by molar-refractivity contribution is 0.0901. The highest BCUT2D eigenvalue weighted by Crippen LogP contribution is 2.28. The molecule has 2 aromatic rings. The van der Waals surface area contributed by atoms with E-state index in [-0.39, 0.29) is 5.92 Å². The zero-order chi connectivity index (χ0) is 11.7. The molecule has 1 aromatic carbocycles. The molecule has 1 aromatic heterocycles. The Morgan fingerprint density at radius 3 is 2.94 bits per heavy atom. The van der Waals surface area contributed by atoms with Crippen LogP contribution in [-0.2, 0) is 12.8 Å². The molecule has 0 spiro atoms. The van der Waals surface area contributed by atoms with Gasteiger partial charge in [0.1, 0.15) is 0 Å². The summed E-state index contributed by atoms with van der Waals surface area (Å²) in [6.07, 6.45) is 2.93. The number of hydrogen-bond acceptors (Lipinski definition) is 2.